The molecule has 1 aromatic rings. The van der Waals surface area contributed by atoms with Gasteiger partial charge in [0.1, 0.15) is 0 Å². The average molecular weight is 226 g/mol. The molecule has 1 saturated heterocycles. The first-order chi connectivity index (χ1) is 7.33. The minimum Gasteiger partial charge on any atom is -0.472 e. The summed E-state index contributed by atoms with van der Waals surface area (Å²) in [6.45, 7) is 1.17. The lowest BCUT2D eigenvalue weighted by molar-refractivity contribution is 0.221. The van der Waals surface area contributed by atoms with Gasteiger partial charge in [0.2, 0.25) is 0 Å². The van der Waals surface area contributed by atoms with E-state index in [0.717, 1.165) is 0 Å². The zero-order valence-corrected chi connectivity index (χ0v) is 10.1. The highest BCUT2D eigenvalue weighted by Gasteiger charge is 2.28. The molecule has 2 heterocycles. The Bertz CT molecular complexity index is 289. The van der Waals surface area contributed by atoms with Crippen molar-refractivity contribution in [3.63, 3.8) is 0 Å². The molecule has 2 atom stereocenters. The van der Waals surface area contributed by atoms with Crippen LogP contribution in [0.5, 0.6) is 0 Å². The first kappa shape index (κ1) is 11.0. The van der Waals surface area contributed by atoms with Crippen LogP contribution in [-0.2, 0) is 0 Å². The van der Waals surface area contributed by atoms with Crippen molar-refractivity contribution in [2.45, 2.75) is 12.1 Å². The molecule has 0 aliphatic carbocycles. The Morgan fingerprint density at radius 2 is 2.53 bits per heavy atom. The van der Waals surface area contributed by atoms with Gasteiger partial charge in [-0.1, -0.05) is 0 Å². The predicted octanol–water partition coefficient (Wildman–Crippen LogP) is 1.59. The van der Waals surface area contributed by atoms with Crippen LogP contribution in [0.25, 0.3) is 0 Å². The van der Waals surface area contributed by atoms with Crippen LogP contribution in [0, 0.1) is 0 Å². The maximum Gasteiger partial charge on any atom is 0.0950 e. The molecule has 1 fully saturated rings. The maximum atomic E-state index is 5.16. The molecule has 84 valence electrons. The summed E-state index contributed by atoms with van der Waals surface area (Å²) in [7, 11) is 4.22. The third-order valence-corrected chi connectivity index (χ3v) is 4.09. The van der Waals surface area contributed by atoms with Gasteiger partial charge in [0, 0.05) is 29.7 Å². The van der Waals surface area contributed by atoms with E-state index in [0.29, 0.717) is 12.1 Å². The SMILES string of the molecule is CNC(c1ccoc1)C1CSCCN1C. The largest absolute Gasteiger partial charge is 0.472 e. The van der Waals surface area contributed by atoms with E-state index in [4.69, 9.17) is 4.42 Å². The van der Waals surface area contributed by atoms with E-state index in [1.54, 1.807) is 6.26 Å². The molecule has 15 heavy (non-hydrogen) atoms. The van der Waals surface area contributed by atoms with Gasteiger partial charge in [-0.2, -0.15) is 11.8 Å². The van der Waals surface area contributed by atoms with Crippen LogP contribution in [0.4, 0.5) is 0 Å². The molecule has 0 saturated carbocycles. The van der Waals surface area contributed by atoms with E-state index < -0.39 is 0 Å². The van der Waals surface area contributed by atoms with Crippen molar-refractivity contribution >= 4 is 11.8 Å². The van der Waals surface area contributed by atoms with Gasteiger partial charge in [0.05, 0.1) is 18.6 Å². The summed E-state index contributed by atoms with van der Waals surface area (Å²) < 4.78 is 5.16. The lowest BCUT2D eigenvalue weighted by Gasteiger charge is -2.37. The molecule has 0 amide bonds. The first-order valence-corrected chi connectivity index (χ1v) is 6.45. The van der Waals surface area contributed by atoms with E-state index in [1.165, 1.54) is 23.6 Å². The number of rotatable bonds is 3. The second-order valence-electron chi connectivity index (χ2n) is 3.95. The molecule has 4 heteroatoms. The fraction of sp³-hybridized carbons (Fsp3) is 0.636. The fourth-order valence-electron chi connectivity index (χ4n) is 2.09. The van der Waals surface area contributed by atoms with Gasteiger partial charge in [0.15, 0.2) is 0 Å². The first-order valence-electron chi connectivity index (χ1n) is 5.30. The van der Waals surface area contributed by atoms with Gasteiger partial charge in [-0.25, -0.2) is 0 Å². The smallest absolute Gasteiger partial charge is 0.0950 e. The number of thioether (sulfide) groups is 1. The molecular formula is C11H18N2OS. The third-order valence-electron chi connectivity index (χ3n) is 3.04. The maximum absolute atomic E-state index is 5.16. The van der Waals surface area contributed by atoms with Crippen LogP contribution < -0.4 is 5.32 Å². The average Bonchev–Trinajstić information content (AvgIpc) is 2.75. The Morgan fingerprint density at radius 3 is 3.13 bits per heavy atom. The molecular weight excluding hydrogens is 208 g/mol. The van der Waals surface area contributed by atoms with Crippen LogP contribution in [0.1, 0.15) is 11.6 Å². The number of hydrogen-bond acceptors (Lipinski definition) is 4. The number of likely N-dealkylation sites (N-methyl/N-ethyl adjacent to an activating group) is 2. The summed E-state index contributed by atoms with van der Waals surface area (Å²) in [5.41, 5.74) is 1.25. The van der Waals surface area contributed by atoms with Gasteiger partial charge in [-0.15, -0.1) is 0 Å². The lowest BCUT2D eigenvalue weighted by Crippen LogP contribution is -2.46. The standard InChI is InChI=1S/C11H18N2OS/c1-12-11(9-3-5-14-7-9)10-8-15-6-4-13(10)2/h3,5,7,10-12H,4,6,8H2,1-2H3. The molecule has 0 spiro atoms. The van der Waals surface area contributed by atoms with Crippen molar-refractivity contribution in [3.8, 4) is 0 Å². The Hall–Kier alpha value is -0.450. The van der Waals surface area contributed by atoms with Crippen molar-refractivity contribution in [3.05, 3.63) is 24.2 Å². The highest BCUT2D eigenvalue weighted by molar-refractivity contribution is 7.99. The Balaban J connectivity index is 2.11. The number of nitrogens with one attached hydrogen (secondary N) is 1. The van der Waals surface area contributed by atoms with Crippen molar-refractivity contribution in [2.75, 3.05) is 32.1 Å². The van der Waals surface area contributed by atoms with Crippen LogP contribution in [0.15, 0.2) is 23.0 Å². The van der Waals surface area contributed by atoms with Crippen molar-refractivity contribution < 1.29 is 4.42 Å². The van der Waals surface area contributed by atoms with Gasteiger partial charge in [-0.05, 0) is 20.2 Å². The summed E-state index contributed by atoms with van der Waals surface area (Å²) in [4.78, 5) is 2.44. The zero-order chi connectivity index (χ0) is 10.7. The molecule has 0 aromatic carbocycles. The van der Waals surface area contributed by atoms with Crippen molar-refractivity contribution in [1.29, 1.82) is 0 Å². The van der Waals surface area contributed by atoms with Crippen LogP contribution in [-0.4, -0.2) is 43.1 Å². The molecule has 1 N–H and O–H groups in total. The van der Waals surface area contributed by atoms with Crippen molar-refractivity contribution in [2.24, 2.45) is 0 Å². The summed E-state index contributed by atoms with van der Waals surface area (Å²) in [6.07, 6.45) is 3.59. The normalized spacial score (nSPS) is 25.3. The summed E-state index contributed by atoms with van der Waals surface area (Å²) in [5, 5.41) is 3.39. The van der Waals surface area contributed by atoms with E-state index in [-0.39, 0.29) is 0 Å². The summed E-state index contributed by atoms with van der Waals surface area (Å²) in [6, 6.07) is 2.99. The van der Waals surface area contributed by atoms with Gasteiger partial charge in [0.25, 0.3) is 0 Å². The predicted molar refractivity (Wildman–Crippen MR) is 64.3 cm³/mol. The quantitative estimate of drug-likeness (QED) is 0.847. The number of furan rings is 1. The Kier molecular flexibility index (Phi) is 3.72. The molecule has 0 bridgehead atoms. The van der Waals surface area contributed by atoms with Gasteiger partial charge < -0.3 is 9.73 Å². The molecule has 3 nitrogen and oxygen atoms in total. The molecule has 1 aromatic heterocycles. The molecule has 2 rings (SSSR count). The minimum absolute atomic E-state index is 0.376. The number of nitrogens with zero attached hydrogens (tertiary/aromatic N) is 1. The zero-order valence-electron chi connectivity index (χ0n) is 9.27. The second-order valence-corrected chi connectivity index (χ2v) is 5.10. The highest BCUT2D eigenvalue weighted by Crippen LogP contribution is 2.26. The van der Waals surface area contributed by atoms with Crippen LogP contribution >= 0.6 is 11.8 Å². The van der Waals surface area contributed by atoms with Crippen LogP contribution in [0.2, 0.25) is 0 Å². The number of hydrogen-bond donors (Lipinski definition) is 1. The molecule has 1 aliphatic rings. The van der Waals surface area contributed by atoms with E-state index >= 15 is 0 Å². The van der Waals surface area contributed by atoms with Crippen LogP contribution in [0.3, 0.4) is 0 Å². The Morgan fingerprint density at radius 1 is 1.67 bits per heavy atom. The summed E-state index contributed by atoms with van der Waals surface area (Å²) >= 11 is 2.04. The molecule has 0 radical (unpaired) electrons. The van der Waals surface area contributed by atoms with Gasteiger partial charge >= 0.3 is 0 Å². The lowest BCUT2D eigenvalue weighted by atomic mass is 10.0. The van der Waals surface area contributed by atoms with E-state index in [1.807, 2.05) is 31.1 Å². The molecule has 1 aliphatic heterocycles. The fourth-order valence-corrected chi connectivity index (χ4v) is 3.36. The minimum atomic E-state index is 0.376. The monoisotopic (exact) mass is 226 g/mol. The molecule has 2 unspecified atom stereocenters. The Labute approximate surface area is 95.2 Å². The van der Waals surface area contributed by atoms with Gasteiger partial charge in [-0.3, -0.25) is 4.90 Å². The van der Waals surface area contributed by atoms with E-state index in [2.05, 4.69) is 17.3 Å². The second kappa shape index (κ2) is 5.05. The highest BCUT2D eigenvalue weighted by atomic mass is 32.2. The van der Waals surface area contributed by atoms with Crippen molar-refractivity contribution in [1.82, 2.24) is 10.2 Å². The summed E-state index contributed by atoms with van der Waals surface area (Å²) in [5.74, 6) is 2.43. The van der Waals surface area contributed by atoms with E-state index in [9.17, 15) is 0 Å². The third kappa shape index (κ3) is 2.38. The topological polar surface area (TPSA) is 28.4 Å².